The van der Waals surface area contributed by atoms with Crippen LogP contribution in [0.15, 0.2) is 18.2 Å². The summed E-state index contributed by atoms with van der Waals surface area (Å²) in [6.45, 7) is 0.914. The van der Waals surface area contributed by atoms with Crippen LogP contribution < -0.4 is 14.8 Å². The van der Waals surface area contributed by atoms with Crippen LogP contribution in [0.25, 0.3) is 11.3 Å². The molecule has 0 spiro atoms. The summed E-state index contributed by atoms with van der Waals surface area (Å²) in [5.74, 6) is -0.950. The van der Waals surface area contributed by atoms with Crippen LogP contribution in [0.1, 0.15) is 62.5 Å². The number of aromatic nitrogens is 2. The molecule has 0 radical (unpaired) electrons. The van der Waals surface area contributed by atoms with Crippen LogP contribution in [0.5, 0.6) is 5.75 Å². The monoisotopic (exact) mass is 628 g/mol. The fourth-order valence-electron chi connectivity index (χ4n) is 4.88. The highest BCUT2D eigenvalue weighted by Crippen LogP contribution is 2.43. The first-order valence-corrected chi connectivity index (χ1v) is 15.0. The SMILES string of the molecule is CCn1nc(C(=O)NCC2CCC(S(=O)(=O)NC)CC2)c(Cl)c1-c1ccc(CC(C)(C)C(F)(F)F)cc1OC(F)F. The zero-order valence-electron chi connectivity index (χ0n) is 23.1. The number of amides is 1. The standard InChI is InChI=1S/C26H34ClF5N4O4S/c1-5-36-22(18-11-8-16(12-19(18)40-24(28)29)13-25(2,3)26(30,31)32)20(27)21(35-36)23(37)34-14-15-6-9-17(10-7-15)41(38,39)33-4/h8,11-12,15,17,24,33H,5-7,9-10,13-14H2,1-4H3,(H,34,37). The Hall–Kier alpha value is -2.45. The lowest BCUT2D eigenvalue weighted by Crippen LogP contribution is -2.37. The van der Waals surface area contributed by atoms with Crippen molar-refractivity contribution in [2.75, 3.05) is 13.6 Å². The molecule has 1 amide bonds. The number of hydrogen-bond acceptors (Lipinski definition) is 5. The van der Waals surface area contributed by atoms with Crippen molar-refractivity contribution < 1.29 is 39.9 Å². The van der Waals surface area contributed by atoms with E-state index in [4.69, 9.17) is 11.6 Å². The third-order valence-electron chi connectivity index (χ3n) is 7.41. The predicted octanol–water partition coefficient (Wildman–Crippen LogP) is 5.79. The van der Waals surface area contributed by atoms with Crippen molar-refractivity contribution in [3.05, 3.63) is 34.5 Å². The molecule has 3 rings (SSSR count). The topological polar surface area (TPSA) is 102 Å². The van der Waals surface area contributed by atoms with Gasteiger partial charge in [0, 0.05) is 18.7 Å². The van der Waals surface area contributed by atoms with Crippen LogP contribution in [-0.2, 0) is 23.0 Å². The molecule has 1 aliphatic rings. The van der Waals surface area contributed by atoms with E-state index >= 15 is 0 Å². The number of hydrogen-bond donors (Lipinski definition) is 2. The molecule has 1 fully saturated rings. The fraction of sp³-hybridized carbons (Fsp3) is 0.615. The molecule has 2 aromatic rings. The highest BCUT2D eigenvalue weighted by atomic mass is 35.5. The average Bonchev–Trinajstić information content (AvgIpc) is 3.22. The minimum absolute atomic E-state index is 0.0429. The molecule has 0 atom stereocenters. The first-order chi connectivity index (χ1) is 19.0. The molecule has 0 aliphatic heterocycles. The van der Waals surface area contributed by atoms with Crippen LogP contribution >= 0.6 is 11.6 Å². The summed E-state index contributed by atoms with van der Waals surface area (Å²) in [5.41, 5.74) is -2.00. The second-order valence-electron chi connectivity index (χ2n) is 10.7. The van der Waals surface area contributed by atoms with E-state index < -0.39 is 51.6 Å². The van der Waals surface area contributed by atoms with Gasteiger partial charge in [0.15, 0.2) is 5.69 Å². The van der Waals surface area contributed by atoms with Crippen molar-refractivity contribution in [2.45, 2.75) is 77.5 Å². The molecular formula is C26H34ClF5N4O4S. The normalized spacial score (nSPS) is 18.5. The Bertz CT molecular complexity index is 1340. The molecule has 2 N–H and O–H groups in total. The Labute approximate surface area is 241 Å². The largest absolute Gasteiger partial charge is 0.434 e. The number of carbonyl (C=O) groups is 1. The van der Waals surface area contributed by atoms with E-state index in [1.54, 1.807) is 6.92 Å². The molecule has 1 heterocycles. The molecule has 15 heteroatoms. The van der Waals surface area contributed by atoms with Gasteiger partial charge in [-0.05, 0) is 69.7 Å². The van der Waals surface area contributed by atoms with E-state index in [-0.39, 0.29) is 46.5 Å². The van der Waals surface area contributed by atoms with E-state index in [1.165, 1.54) is 23.9 Å². The number of nitrogens with one attached hydrogen (secondary N) is 2. The van der Waals surface area contributed by atoms with E-state index in [0.29, 0.717) is 25.7 Å². The van der Waals surface area contributed by atoms with Crippen molar-refractivity contribution in [3.8, 4) is 17.0 Å². The van der Waals surface area contributed by atoms with Crippen molar-refractivity contribution in [2.24, 2.45) is 11.3 Å². The van der Waals surface area contributed by atoms with E-state index in [0.717, 1.165) is 19.9 Å². The summed E-state index contributed by atoms with van der Waals surface area (Å²) >= 11 is 6.55. The molecule has 1 saturated carbocycles. The molecule has 1 aromatic heterocycles. The van der Waals surface area contributed by atoms with Gasteiger partial charge in [-0.1, -0.05) is 31.5 Å². The summed E-state index contributed by atoms with van der Waals surface area (Å²) in [5, 5.41) is 6.41. The maximum Gasteiger partial charge on any atom is 0.394 e. The smallest absolute Gasteiger partial charge is 0.394 e. The minimum atomic E-state index is -4.52. The molecule has 0 unspecified atom stereocenters. The van der Waals surface area contributed by atoms with Gasteiger partial charge in [-0.25, -0.2) is 13.1 Å². The van der Waals surface area contributed by atoms with Crippen molar-refractivity contribution >= 4 is 27.5 Å². The van der Waals surface area contributed by atoms with Gasteiger partial charge < -0.3 is 10.1 Å². The maximum atomic E-state index is 13.4. The molecule has 230 valence electrons. The number of sulfonamides is 1. The van der Waals surface area contributed by atoms with Crippen molar-refractivity contribution in [3.63, 3.8) is 0 Å². The third-order valence-corrected chi connectivity index (χ3v) is 9.68. The second-order valence-corrected chi connectivity index (χ2v) is 13.2. The predicted molar refractivity (Wildman–Crippen MR) is 145 cm³/mol. The lowest BCUT2D eigenvalue weighted by atomic mass is 9.84. The van der Waals surface area contributed by atoms with Crippen LogP contribution in [-0.4, -0.2) is 55.7 Å². The highest BCUT2D eigenvalue weighted by Gasteiger charge is 2.47. The molecule has 1 aromatic carbocycles. The second kappa shape index (κ2) is 12.8. The number of nitrogens with zero attached hydrogens (tertiary/aromatic N) is 2. The van der Waals surface area contributed by atoms with Gasteiger partial charge >= 0.3 is 12.8 Å². The van der Waals surface area contributed by atoms with Crippen LogP contribution in [0.2, 0.25) is 5.02 Å². The van der Waals surface area contributed by atoms with E-state index in [9.17, 15) is 35.2 Å². The van der Waals surface area contributed by atoms with Crippen LogP contribution in [0, 0.1) is 11.3 Å². The Morgan fingerprint density at radius 2 is 1.83 bits per heavy atom. The zero-order valence-corrected chi connectivity index (χ0v) is 24.7. The lowest BCUT2D eigenvalue weighted by molar-refractivity contribution is -0.211. The van der Waals surface area contributed by atoms with Gasteiger partial charge in [0.1, 0.15) is 5.75 Å². The summed E-state index contributed by atoms with van der Waals surface area (Å²) in [6.07, 6.45) is -2.89. The summed E-state index contributed by atoms with van der Waals surface area (Å²) in [7, 11) is -1.98. The van der Waals surface area contributed by atoms with E-state index in [1.807, 2.05) is 0 Å². The van der Waals surface area contributed by atoms with Gasteiger partial charge in [-0.3, -0.25) is 9.48 Å². The molecular weight excluding hydrogens is 595 g/mol. The first kappa shape index (κ1) is 33.1. The van der Waals surface area contributed by atoms with Crippen molar-refractivity contribution in [1.82, 2.24) is 19.8 Å². The quantitative estimate of drug-likeness (QED) is 0.307. The Balaban J connectivity index is 1.84. The number of benzene rings is 1. The Kier molecular flexibility index (Phi) is 10.3. The number of halogens is 6. The summed E-state index contributed by atoms with van der Waals surface area (Å²) in [4.78, 5) is 13.0. The first-order valence-electron chi connectivity index (χ1n) is 13.1. The average molecular weight is 629 g/mol. The summed E-state index contributed by atoms with van der Waals surface area (Å²) in [6, 6.07) is 3.81. The number of rotatable bonds is 11. The van der Waals surface area contributed by atoms with Gasteiger partial charge in [-0.15, -0.1) is 0 Å². The third kappa shape index (κ3) is 7.69. The fourth-order valence-corrected chi connectivity index (χ4v) is 6.43. The van der Waals surface area contributed by atoms with Gasteiger partial charge in [-0.2, -0.15) is 27.1 Å². The highest BCUT2D eigenvalue weighted by molar-refractivity contribution is 7.90. The zero-order chi connectivity index (χ0) is 30.8. The lowest BCUT2D eigenvalue weighted by Gasteiger charge is -2.28. The maximum absolute atomic E-state index is 13.4. The van der Waals surface area contributed by atoms with Gasteiger partial charge in [0.2, 0.25) is 10.0 Å². The molecule has 0 saturated heterocycles. The van der Waals surface area contributed by atoms with Crippen LogP contribution in [0.4, 0.5) is 22.0 Å². The number of carbonyl (C=O) groups excluding carboxylic acids is 1. The molecule has 1 aliphatic carbocycles. The number of aryl methyl sites for hydroxylation is 1. The molecule has 41 heavy (non-hydrogen) atoms. The van der Waals surface area contributed by atoms with Gasteiger partial charge in [0.25, 0.3) is 5.91 Å². The molecule has 8 nitrogen and oxygen atoms in total. The Morgan fingerprint density at radius 1 is 1.20 bits per heavy atom. The number of alkyl halides is 5. The molecule has 0 bridgehead atoms. The van der Waals surface area contributed by atoms with Gasteiger partial charge in [0.05, 0.1) is 21.4 Å². The van der Waals surface area contributed by atoms with Crippen LogP contribution in [0.3, 0.4) is 0 Å². The minimum Gasteiger partial charge on any atom is -0.434 e. The van der Waals surface area contributed by atoms with Crippen molar-refractivity contribution in [1.29, 1.82) is 0 Å². The Morgan fingerprint density at radius 3 is 2.37 bits per heavy atom. The summed E-state index contributed by atoms with van der Waals surface area (Å²) < 4.78 is 99.3. The van der Waals surface area contributed by atoms with E-state index in [2.05, 4.69) is 19.9 Å². The number of ether oxygens (including phenoxy) is 1.